The predicted molar refractivity (Wildman–Crippen MR) is 162 cm³/mol. The van der Waals surface area contributed by atoms with Crippen molar-refractivity contribution >= 4 is 17.9 Å². The molecule has 5 heterocycles. The van der Waals surface area contributed by atoms with E-state index in [0.29, 0.717) is 10.8 Å². The summed E-state index contributed by atoms with van der Waals surface area (Å²) in [4.78, 5) is 39.2. The molecule has 0 radical (unpaired) electrons. The van der Waals surface area contributed by atoms with Crippen LogP contribution >= 0.6 is 0 Å². The van der Waals surface area contributed by atoms with Crippen LogP contribution in [0.15, 0.2) is 47.3 Å². The summed E-state index contributed by atoms with van der Waals surface area (Å²) in [6.45, 7) is 10.9. The van der Waals surface area contributed by atoms with Gasteiger partial charge in [0.2, 0.25) is 0 Å². The van der Waals surface area contributed by atoms with Crippen molar-refractivity contribution in [2.24, 2.45) is 16.7 Å². The molecule has 11 nitrogen and oxygen atoms in total. The summed E-state index contributed by atoms with van der Waals surface area (Å²) in [6, 6.07) is 8.45. The van der Waals surface area contributed by atoms with Crippen molar-refractivity contribution < 1.29 is 73.6 Å². The highest BCUT2D eigenvalue weighted by Crippen LogP contribution is 2.58. The standard InChI is InChI=1S/C26H36N4O.3C2HF3O2/c1-4-23(14-27-10-1)16-28-11-3-8-25(9-12-28)18-30(17-24-5-2-13-31-24)21-26(25)19-29(20-26)15-22-6-7-22;3*3-2(4,5)1(6)7/h1-2,4-5,10,13-14,22H,3,6-9,11-12,15-21H2;3*(H,6,7). The lowest BCUT2D eigenvalue weighted by molar-refractivity contribution is -0.193. The average molecular weight is 763 g/mol. The van der Waals surface area contributed by atoms with E-state index >= 15 is 0 Å². The number of hydrogen-bond acceptors (Lipinski definition) is 8. The van der Waals surface area contributed by atoms with E-state index in [-0.39, 0.29) is 0 Å². The molecule has 292 valence electrons. The largest absolute Gasteiger partial charge is 0.490 e. The number of nitrogens with zero attached hydrogens (tertiary/aromatic N) is 4. The smallest absolute Gasteiger partial charge is 0.475 e. The van der Waals surface area contributed by atoms with Crippen molar-refractivity contribution in [1.82, 2.24) is 19.7 Å². The third-order valence-corrected chi connectivity index (χ3v) is 9.30. The minimum absolute atomic E-state index is 0.462. The molecule has 6 rings (SSSR count). The van der Waals surface area contributed by atoms with Gasteiger partial charge in [0.15, 0.2) is 0 Å². The van der Waals surface area contributed by atoms with Gasteiger partial charge in [0.1, 0.15) is 5.76 Å². The second-order valence-electron chi connectivity index (χ2n) is 13.3. The van der Waals surface area contributed by atoms with Gasteiger partial charge in [-0.15, -0.1) is 0 Å². The average Bonchev–Trinajstić information content (AvgIpc) is 3.64. The Morgan fingerprint density at radius 2 is 1.27 bits per heavy atom. The molecular formula is C32H39F9N4O7. The highest BCUT2D eigenvalue weighted by atomic mass is 19.4. The fourth-order valence-electron chi connectivity index (χ4n) is 6.87. The normalized spacial score (nSPS) is 22.1. The van der Waals surface area contributed by atoms with Crippen molar-refractivity contribution in [3.63, 3.8) is 0 Å². The van der Waals surface area contributed by atoms with E-state index in [2.05, 4.69) is 37.9 Å². The number of pyridine rings is 1. The maximum absolute atomic E-state index is 10.6. The van der Waals surface area contributed by atoms with Gasteiger partial charge >= 0.3 is 36.4 Å². The van der Waals surface area contributed by atoms with Gasteiger partial charge in [0, 0.05) is 57.1 Å². The van der Waals surface area contributed by atoms with E-state index in [9.17, 15) is 39.5 Å². The maximum atomic E-state index is 10.6. The number of carbonyl (C=O) groups is 3. The van der Waals surface area contributed by atoms with Gasteiger partial charge in [-0.1, -0.05) is 6.07 Å². The zero-order valence-corrected chi connectivity index (χ0v) is 27.7. The monoisotopic (exact) mass is 762 g/mol. The first-order chi connectivity index (χ1) is 24.0. The first kappa shape index (κ1) is 42.5. The molecule has 2 spiro atoms. The van der Waals surface area contributed by atoms with Crippen LogP contribution in [0.5, 0.6) is 0 Å². The van der Waals surface area contributed by atoms with Crippen molar-refractivity contribution in [3.05, 3.63) is 54.2 Å². The van der Waals surface area contributed by atoms with Crippen molar-refractivity contribution in [2.45, 2.75) is 63.7 Å². The van der Waals surface area contributed by atoms with E-state index in [0.717, 1.165) is 24.8 Å². The fraction of sp³-hybridized carbons (Fsp3) is 0.625. The number of carboxylic acid groups (broad SMARTS) is 3. The van der Waals surface area contributed by atoms with E-state index in [1.54, 1.807) is 0 Å². The topological polar surface area (TPSA) is 148 Å². The molecule has 1 aliphatic carbocycles. The molecule has 0 aromatic carbocycles. The minimum Gasteiger partial charge on any atom is -0.475 e. The van der Waals surface area contributed by atoms with Crippen LogP contribution in [0.25, 0.3) is 0 Å². The Morgan fingerprint density at radius 1 is 0.731 bits per heavy atom. The molecule has 3 saturated heterocycles. The number of likely N-dealkylation sites (tertiary alicyclic amines) is 3. The third-order valence-electron chi connectivity index (χ3n) is 9.30. The summed E-state index contributed by atoms with van der Waals surface area (Å²) in [5.41, 5.74) is 2.29. The highest BCUT2D eigenvalue weighted by molar-refractivity contribution is 5.73. The van der Waals surface area contributed by atoms with Gasteiger partial charge in [-0.25, -0.2) is 14.4 Å². The van der Waals surface area contributed by atoms with E-state index in [4.69, 9.17) is 34.1 Å². The number of hydrogen-bond donors (Lipinski definition) is 3. The molecule has 4 aliphatic rings. The number of aliphatic carboxylic acids is 3. The molecule has 0 amide bonds. The van der Waals surface area contributed by atoms with Gasteiger partial charge in [-0.3, -0.25) is 14.8 Å². The SMILES string of the molecule is O=C(O)C(F)(F)F.O=C(O)C(F)(F)F.O=C(O)C(F)(F)F.c1cncc(CN2CCCC3(CC2)CN(Cc2ccco2)CC32CN(CC3CC3)C2)c1. The van der Waals surface area contributed by atoms with Crippen LogP contribution in [0.4, 0.5) is 39.5 Å². The lowest BCUT2D eigenvalue weighted by Gasteiger charge is -2.57. The molecule has 3 aliphatic heterocycles. The summed E-state index contributed by atoms with van der Waals surface area (Å²) in [7, 11) is 0. The Bertz CT molecular complexity index is 1390. The Kier molecular flexibility index (Phi) is 14.1. The predicted octanol–water partition coefficient (Wildman–Crippen LogP) is 5.77. The van der Waals surface area contributed by atoms with E-state index in [1.165, 1.54) is 83.5 Å². The van der Waals surface area contributed by atoms with Gasteiger partial charge < -0.3 is 24.6 Å². The Labute approximate surface area is 292 Å². The molecule has 2 aromatic rings. The van der Waals surface area contributed by atoms with Gasteiger partial charge in [0.25, 0.3) is 0 Å². The van der Waals surface area contributed by atoms with Crippen LogP contribution in [0.2, 0.25) is 0 Å². The zero-order chi connectivity index (χ0) is 39.0. The summed E-state index contributed by atoms with van der Waals surface area (Å²) in [5.74, 6) is -6.15. The van der Waals surface area contributed by atoms with Crippen LogP contribution in [-0.2, 0) is 27.5 Å². The zero-order valence-electron chi connectivity index (χ0n) is 27.7. The number of carboxylic acids is 3. The number of halogens is 9. The summed E-state index contributed by atoms with van der Waals surface area (Å²) in [5, 5.41) is 21.4. The molecule has 1 atom stereocenters. The van der Waals surface area contributed by atoms with Crippen LogP contribution in [0.3, 0.4) is 0 Å². The number of aromatic nitrogens is 1. The van der Waals surface area contributed by atoms with Gasteiger partial charge in [-0.2, -0.15) is 39.5 Å². The molecular weight excluding hydrogens is 723 g/mol. The first-order valence-corrected chi connectivity index (χ1v) is 16.0. The number of furan rings is 1. The second kappa shape index (κ2) is 17.3. The fourth-order valence-corrected chi connectivity index (χ4v) is 6.87. The number of fused-ring (bicyclic) bond motifs is 1. The lowest BCUT2D eigenvalue weighted by atomic mass is 9.58. The number of rotatable bonds is 6. The van der Waals surface area contributed by atoms with Gasteiger partial charge in [-0.05, 0) is 80.3 Å². The lowest BCUT2D eigenvalue weighted by Crippen LogP contribution is -2.64. The summed E-state index contributed by atoms with van der Waals surface area (Å²) in [6.07, 6.45) is -2.57. The maximum Gasteiger partial charge on any atom is 0.490 e. The molecule has 52 heavy (non-hydrogen) atoms. The summed E-state index contributed by atoms with van der Waals surface area (Å²) < 4.78 is 101. The molecule has 2 aromatic heterocycles. The van der Waals surface area contributed by atoms with Crippen molar-refractivity contribution in [3.8, 4) is 0 Å². The molecule has 1 saturated carbocycles. The Morgan fingerprint density at radius 3 is 1.73 bits per heavy atom. The molecule has 0 bridgehead atoms. The van der Waals surface area contributed by atoms with Crippen LogP contribution in [0.1, 0.15) is 43.4 Å². The minimum atomic E-state index is -5.08. The van der Waals surface area contributed by atoms with E-state index in [1.807, 2.05) is 24.7 Å². The molecule has 3 N–H and O–H groups in total. The van der Waals surface area contributed by atoms with Crippen molar-refractivity contribution in [1.29, 1.82) is 0 Å². The summed E-state index contributed by atoms with van der Waals surface area (Å²) >= 11 is 0. The van der Waals surface area contributed by atoms with Crippen LogP contribution in [-0.4, -0.2) is 117 Å². The highest BCUT2D eigenvalue weighted by Gasteiger charge is 2.62. The van der Waals surface area contributed by atoms with Crippen LogP contribution in [0, 0.1) is 16.7 Å². The Hall–Kier alpha value is -3.91. The third kappa shape index (κ3) is 12.6. The second-order valence-corrected chi connectivity index (χ2v) is 13.3. The van der Waals surface area contributed by atoms with E-state index < -0.39 is 36.4 Å². The van der Waals surface area contributed by atoms with Gasteiger partial charge in [0.05, 0.1) is 12.8 Å². The Balaban J connectivity index is 0.000000285. The number of alkyl halides is 9. The molecule has 1 unspecified atom stereocenters. The first-order valence-electron chi connectivity index (χ1n) is 16.0. The molecule has 20 heteroatoms. The van der Waals surface area contributed by atoms with Crippen molar-refractivity contribution in [2.75, 3.05) is 45.8 Å². The van der Waals surface area contributed by atoms with Crippen LogP contribution < -0.4 is 0 Å². The molecule has 4 fully saturated rings. The quantitative estimate of drug-likeness (QED) is 0.308.